The molecule has 0 radical (unpaired) electrons. The number of thiazole rings is 1. The summed E-state index contributed by atoms with van der Waals surface area (Å²) in [5.41, 5.74) is -0.145. The van der Waals surface area contributed by atoms with Gasteiger partial charge in [-0.05, 0) is 25.9 Å². The maximum atomic E-state index is 11.4. The van der Waals surface area contributed by atoms with Crippen LogP contribution in [-0.4, -0.2) is 52.4 Å². The third-order valence-corrected chi connectivity index (χ3v) is 4.52. The van der Waals surface area contributed by atoms with Gasteiger partial charge in [0.15, 0.2) is 16.6 Å². The largest absolute Gasteiger partial charge is 0.476 e. The Hall–Kier alpha value is -1.47. The number of likely N-dealkylation sites (tertiary alicyclic amines) is 1. The third kappa shape index (κ3) is 3.34. The van der Waals surface area contributed by atoms with Crippen molar-refractivity contribution in [3.8, 4) is 0 Å². The third-order valence-electron chi connectivity index (χ3n) is 3.43. The zero-order valence-electron chi connectivity index (χ0n) is 11.7. The summed E-state index contributed by atoms with van der Waals surface area (Å²) in [4.78, 5) is 29.1. The van der Waals surface area contributed by atoms with Gasteiger partial charge in [0.2, 0.25) is 0 Å². The molecule has 1 unspecified atom stereocenters. The fraction of sp³-hybridized carbons (Fsp3) is 0.615. The van der Waals surface area contributed by atoms with E-state index in [4.69, 9.17) is 5.11 Å². The number of carboxylic acid groups (broad SMARTS) is 1. The minimum atomic E-state index is -1.15. The van der Waals surface area contributed by atoms with E-state index in [9.17, 15) is 9.59 Å². The second-order valence-electron chi connectivity index (χ2n) is 4.93. The zero-order chi connectivity index (χ0) is 14.7. The molecule has 0 saturated carbocycles. The normalized spacial score (nSPS) is 19.8. The fourth-order valence-electron chi connectivity index (χ4n) is 2.40. The number of piperidine rings is 1. The molecule has 1 saturated heterocycles. The van der Waals surface area contributed by atoms with Crippen molar-refractivity contribution in [3.05, 3.63) is 10.6 Å². The van der Waals surface area contributed by atoms with Gasteiger partial charge in [-0.25, -0.2) is 9.78 Å². The van der Waals surface area contributed by atoms with Gasteiger partial charge in [-0.1, -0.05) is 18.3 Å². The summed E-state index contributed by atoms with van der Waals surface area (Å²) >= 11 is 1.13. The summed E-state index contributed by atoms with van der Waals surface area (Å²) in [6, 6.07) is 0.260. The number of hydrogen-bond acceptors (Lipinski definition) is 6. The SMILES string of the molecule is CCN1CCCC(Nc2nc(C(=O)O)c(C(C)=O)s2)C1. The number of aromatic nitrogens is 1. The molecule has 6 nitrogen and oxygen atoms in total. The first-order valence-electron chi connectivity index (χ1n) is 6.75. The van der Waals surface area contributed by atoms with Gasteiger partial charge in [0.05, 0.1) is 0 Å². The summed E-state index contributed by atoms with van der Waals surface area (Å²) < 4.78 is 0. The minimum absolute atomic E-state index is 0.145. The molecule has 1 aromatic rings. The van der Waals surface area contributed by atoms with E-state index in [1.807, 2.05) is 0 Å². The highest BCUT2D eigenvalue weighted by Crippen LogP contribution is 2.25. The van der Waals surface area contributed by atoms with Crippen LogP contribution in [0, 0.1) is 0 Å². The van der Waals surface area contributed by atoms with E-state index in [1.165, 1.54) is 6.92 Å². The van der Waals surface area contributed by atoms with E-state index < -0.39 is 5.97 Å². The molecule has 2 N–H and O–H groups in total. The van der Waals surface area contributed by atoms with Crippen molar-refractivity contribution >= 4 is 28.2 Å². The monoisotopic (exact) mass is 297 g/mol. The van der Waals surface area contributed by atoms with Crippen molar-refractivity contribution in [2.75, 3.05) is 25.0 Å². The number of hydrogen-bond donors (Lipinski definition) is 2. The Kier molecular flexibility index (Phi) is 4.72. The molecule has 7 heteroatoms. The van der Waals surface area contributed by atoms with Gasteiger partial charge in [-0.3, -0.25) is 4.79 Å². The van der Waals surface area contributed by atoms with Crippen LogP contribution < -0.4 is 5.32 Å². The van der Waals surface area contributed by atoms with E-state index in [1.54, 1.807) is 0 Å². The maximum absolute atomic E-state index is 11.4. The Balaban J connectivity index is 2.11. The van der Waals surface area contributed by atoms with Crippen molar-refractivity contribution in [2.45, 2.75) is 32.7 Å². The lowest BCUT2D eigenvalue weighted by Gasteiger charge is -2.32. The molecule has 110 valence electrons. The van der Waals surface area contributed by atoms with E-state index >= 15 is 0 Å². The molecule has 0 aliphatic carbocycles. The first kappa shape index (κ1) is 14.9. The number of carboxylic acids is 1. The van der Waals surface area contributed by atoms with E-state index in [0.717, 1.165) is 43.8 Å². The lowest BCUT2D eigenvalue weighted by molar-refractivity contribution is 0.0687. The Morgan fingerprint density at radius 3 is 2.85 bits per heavy atom. The van der Waals surface area contributed by atoms with Crippen LogP contribution in [0.4, 0.5) is 5.13 Å². The van der Waals surface area contributed by atoms with E-state index in [2.05, 4.69) is 22.1 Å². The Bertz CT molecular complexity index is 483. The van der Waals surface area contributed by atoms with Crippen molar-refractivity contribution in [2.24, 2.45) is 0 Å². The fourth-order valence-corrected chi connectivity index (χ4v) is 3.33. The van der Waals surface area contributed by atoms with Crippen LogP contribution in [0.1, 0.15) is 46.8 Å². The van der Waals surface area contributed by atoms with Crippen molar-refractivity contribution in [1.82, 2.24) is 9.88 Å². The van der Waals surface area contributed by atoms with Gasteiger partial charge in [0.1, 0.15) is 4.88 Å². The van der Waals surface area contributed by atoms with Gasteiger partial charge in [-0.15, -0.1) is 0 Å². The molecule has 1 aromatic heterocycles. The highest BCUT2D eigenvalue weighted by Gasteiger charge is 2.23. The summed E-state index contributed by atoms with van der Waals surface area (Å²) in [5, 5.41) is 12.9. The van der Waals surface area contributed by atoms with Crippen molar-refractivity contribution in [3.63, 3.8) is 0 Å². The summed E-state index contributed by atoms with van der Waals surface area (Å²) in [5.74, 6) is -1.41. The molecule has 0 aromatic carbocycles. The molecule has 20 heavy (non-hydrogen) atoms. The van der Waals surface area contributed by atoms with Gasteiger partial charge in [0.25, 0.3) is 0 Å². The summed E-state index contributed by atoms with van der Waals surface area (Å²) in [6.45, 7) is 6.53. The van der Waals surface area contributed by atoms with Crippen molar-refractivity contribution in [1.29, 1.82) is 0 Å². The van der Waals surface area contributed by atoms with Crippen LogP contribution in [0.5, 0.6) is 0 Å². The van der Waals surface area contributed by atoms with Crippen LogP contribution in [0.15, 0.2) is 0 Å². The molecular formula is C13H19N3O3S. The first-order valence-corrected chi connectivity index (χ1v) is 7.56. The van der Waals surface area contributed by atoms with Gasteiger partial charge < -0.3 is 15.3 Å². The number of carbonyl (C=O) groups is 2. The molecule has 1 aliphatic heterocycles. The summed E-state index contributed by atoms with van der Waals surface area (Å²) in [6.07, 6.45) is 2.15. The number of nitrogens with zero attached hydrogens (tertiary/aromatic N) is 2. The number of rotatable bonds is 5. The van der Waals surface area contributed by atoms with Crippen LogP contribution in [0.2, 0.25) is 0 Å². The number of anilines is 1. The second kappa shape index (κ2) is 6.32. The smallest absolute Gasteiger partial charge is 0.356 e. The van der Waals surface area contributed by atoms with Gasteiger partial charge >= 0.3 is 5.97 Å². The number of nitrogens with one attached hydrogen (secondary N) is 1. The predicted molar refractivity (Wildman–Crippen MR) is 77.8 cm³/mol. The standard InChI is InChI=1S/C13H19N3O3S/c1-3-16-6-4-5-9(7-16)14-13-15-10(12(18)19)11(20-13)8(2)17/h9H,3-7H2,1-2H3,(H,14,15)(H,18,19). The summed E-state index contributed by atoms with van der Waals surface area (Å²) in [7, 11) is 0. The average Bonchev–Trinajstić information content (AvgIpc) is 2.83. The van der Waals surface area contributed by atoms with Crippen LogP contribution >= 0.6 is 11.3 Å². The zero-order valence-corrected chi connectivity index (χ0v) is 12.5. The van der Waals surface area contributed by atoms with Crippen molar-refractivity contribution < 1.29 is 14.7 Å². The van der Waals surface area contributed by atoms with E-state index in [0.29, 0.717) is 5.13 Å². The number of ketones is 1. The first-order chi connectivity index (χ1) is 9.51. The molecule has 1 aliphatic rings. The lowest BCUT2D eigenvalue weighted by atomic mass is 10.1. The maximum Gasteiger partial charge on any atom is 0.356 e. The number of Topliss-reactive ketones (excluding diaryl/α,β-unsaturated/α-hetero) is 1. The quantitative estimate of drug-likeness (QED) is 0.808. The molecule has 2 rings (SSSR count). The Morgan fingerprint density at radius 1 is 1.55 bits per heavy atom. The van der Waals surface area contributed by atoms with Gasteiger partial charge in [0, 0.05) is 19.5 Å². The molecule has 0 bridgehead atoms. The molecule has 2 heterocycles. The number of likely N-dealkylation sites (N-methyl/N-ethyl adjacent to an activating group) is 1. The van der Waals surface area contributed by atoms with E-state index in [-0.39, 0.29) is 22.4 Å². The second-order valence-corrected chi connectivity index (χ2v) is 5.93. The Morgan fingerprint density at radius 2 is 2.30 bits per heavy atom. The van der Waals surface area contributed by atoms with Gasteiger partial charge in [-0.2, -0.15) is 0 Å². The number of aromatic carboxylic acids is 1. The predicted octanol–water partition coefficient (Wildman–Crippen LogP) is 1.94. The molecule has 0 amide bonds. The molecule has 1 atom stereocenters. The average molecular weight is 297 g/mol. The highest BCUT2D eigenvalue weighted by molar-refractivity contribution is 7.17. The van der Waals surface area contributed by atoms with Crippen LogP contribution in [0.25, 0.3) is 0 Å². The minimum Gasteiger partial charge on any atom is -0.476 e. The molecular weight excluding hydrogens is 278 g/mol. The van der Waals surface area contributed by atoms with Crippen LogP contribution in [0.3, 0.4) is 0 Å². The lowest BCUT2D eigenvalue weighted by Crippen LogP contribution is -2.41. The topological polar surface area (TPSA) is 82.5 Å². The highest BCUT2D eigenvalue weighted by atomic mass is 32.1. The van der Waals surface area contributed by atoms with Crippen LogP contribution in [-0.2, 0) is 0 Å². The number of carbonyl (C=O) groups excluding carboxylic acids is 1. The molecule has 0 spiro atoms. The molecule has 1 fully saturated rings. The Labute approximate surface area is 121 Å².